The summed E-state index contributed by atoms with van der Waals surface area (Å²) in [5.41, 5.74) is 0.128. The van der Waals surface area contributed by atoms with Gasteiger partial charge in [-0.05, 0) is 24.6 Å². The predicted octanol–water partition coefficient (Wildman–Crippen LogP) is 2.47. The summed E-state index contributed by atoms with van der Waals surface area (Å²) in [5, 5.41) is 8.57. The zero-order valence-electron chi connectivity index (χ0n) is 14.9. The van der Waals surface area contributed by atoms with Gasteiger partial charge in [-0.1, -0.05) is 12.1 Å². The largest absolute Gasteiger partial charge is 0.435 e. The van der Waals surface area contributed by atoms with Crippen molar-refractivity contribution >= 4 is 5.91 Å². The minimum Gasteiger partial charge on any atom is -0.379 e. The highest BCUT2D eigenvalue weighted by atomic mass is 19.4. The van der Waals surface area contributed by atoms with Crippen molar-refractivity contribution in [3.05, 3.63) is 41.2 Å². The van der Waals surface area contributed by atoms with Gasteiger partial charge in [0.15, 0.2) is 5.69 Å². The number of hydrogen-bond donors (Lipinski definition) is 2. The van der Waals surface area contributed by atoms with E-state index in [0.717, 1.165) is 19.6 Å². The highest BCUT2D eigenvalue weighted by molar-refractivity contribution is 5.94. The summed E-state index contributed by atoms with van der Waals surface area (Å²) in [6.07, 6.45) is -4.55. The summed E-state index contributed by atoms with van der Waals surface area (Å²) in [6.45, 7) is 5.84. The number of benzene rings is 1. The Morgan fingerprint density at radius 2 is 1.93 bits per heavy atom. The van der Waals surface area contributed by atoms with E-state index < -0.39 is 11.9 Å². The summed E-state index contributed by atoms with van der Waals surface area (Å²) in [4.78, 5) is 14.4. The van der Waals surface area contributed by atoms with E-state index in [4.69, 9.17) is 4.74 Å². The first-order valence-electron chi connectivity index (χ1n) is 8.67. The van der Waals surface area contributed by atoms with E-state index in [0.29, 0.717) is 36.6 Å². The second-order valence-corrected chi connectivity index (χ2v) is 6.36. The van der Waals surface area contributed by atoms with Gasteiger partial charge in [0.1, 0.15) is 0 Å². The minimum atomic E-state index is -4.55. The summed E-state index contributed by atoms with van der Waals surface area (Å²) in [6, 6.07) is 6.05. The maximum absolute atomic E-state index is 13.1. The molecule has 0 aliphatic carbocycles. The van der Waals surface area contributed by atoms with Crippen LogP contribution >= 0.6 is 0 Å². The number of aryl methyl sites for hydroxylation is 1. The van der Waals surface area contributed by atoms with Crippen molar-refractivity contribution in [1.82, 2.24) is 20.4 Å². The Morgan fingerprint density at radius 3 is 2.56 bits per heavy atom. The van der Waals surface area contributed by atoms with Gasteiger partial charge in [-0.3, -0.25) is 14.8 Å². The Balaban J connectivity index is 1.63. The van der Waals surface area contributed by atoms with E-state index in [1.165, 1.54) is 31.2 Å². The third-order valence-electron chi connectivity index (χ3n) is 4.47. The van der Waals surface area contributed by atoms with Crippen LogP contribution < -0.4 is 5.32 Å². The van der Waals surface area contributed by atoms with Crippen molar-refractivity contribution in [3.63, 3.8) is 0 Å². The summed E-state index contributed by atoms with van der Waals surface area (Å²) >= 11 is 0. The normalized spacial score (nSPS) is 15.7. The number of alkyl halides is 3. The van der Waals surface area contributed by atoms with Crippen LogP contribution in [0.15, 0.2) is 24.3 Å². The first-order valence-corrected chi connectivity index (χ1v) is 8.67. The van der Waals surface area contributed by atoms with Gasteiger partial charge in [-0.15, -0.1) is 0 Å². The molecule has 2 aromatic rings. The lowest BCUT2D eigenvalue weighted by Crippen LogP contribution is -2.41. The molecule has 0 saturated carbocycles. The number of aromatic nitrogens is 2. The molecule has 9 heteroatoms. The van der Waals surface area contributed by atoms with Crippen molar-refractivity contribution in [1.29, 1.82) is 0 Å². The third kappa shape index (κ3) is 4.67. The van der Waals surface area contributed by atoms with Gasteiger partial charge in [0.25, 0.3) is 5.91 Å². The van der Waals surface area contributed by atoms with Crippen LogP contribution in [0.25, 0.3) is 11.1 Å². The SMILES string of the molecule is Cc1[nH]nc(C(F)(F)F)c1-c1ccc(C(=O)NCCN2CCOCC2)cc1. The summed E-state index contributed by atoms with van der Waals surface area (Å²) in [5.74, 6) is -0.255. The van der Waals surface area contributed by atoms with Crippen LogP contribution in [0.4, 0.5) is 13.2 Å². The lowest BCUT2D eigenvalue weighted by molar-refractivity contribution is -0.140. The molecule has 1 aromatic heterocycles. The standard InChI is InChI=1S/C18H21F3N4O2/c1-12-15(16(24-23-12)18(19,20)21)13-2-4-14(5-3-13)17(26)22-6-7-25-8-10-27-11-9-25/h2-5H,6-11H2,1H3,(H,22,26)(H,23,24). The molecule has 0 bridgehead atoms. The van der Waals surface area contributed by atoms with Gasteiger partial charge in [-0.25, -0.2) is 0 Å². The van der Waals surface area contributed by atoms with Crippen LogP contribution in [-0.4, -0.2) is 60.4 Å². The molecule has 27 heavy (non-hydrogen) atoms. The number of carbonyl (C=O) groups excluding carboxylic acids is 1. The fraction of sp³-hybridized carbons (Fsp3) is 0.444. The Kier molecular flexibility index (Phi) is 5.81. The molecular weight excluding hydrogens is 361 g/mol. The number of rotatable bonds is 5. The smallest absolute Gasteiger partial charge is 0.379 e. The number of carbonyl (C=O) groups is 1. The molecular formula is C18H21F3N4O2. The zero-order valence-corrected chi connectivity index (χ0v) is 14.9. The molecule has 0 unspecified atom stereocenters. The van der Waals surface area contributed by atoms with Crippen molar-refractivity contribution in [3.8, 4) is 11.1 Å². The molecule has 0 spiro atoms. The number of nitrogens with one attached hydrogen (secondary N) is 2. The molecule has 6 nitrogen and oxygen atoms in total. The third-order valence-corrected chi connectivity index (χ3v) is 4.47. The lowest BCUT2D eigenvalue weighted by Gasteiger charge is -2.26. The fourth-order valence-corrected chi connectivity index (χ4v) is 3.03. The summed E-state index contributed by atoms with van der Waals surface area (Å²) < 4.78 is 44.5. The second-order valence-electron chi connectivity index (χ2n) is 6.36. The zero-order chi connectivity index (χ0) is 19.4. The van der Waals surface area contributed by atoms with Gasteiger partial charge in [-0.2, -0.15) is 18.3 Å². The molecule has 1 amide bonds. The first kappa shape index (κ1) is 19.4. The molecule has 0 atom stereocenters. The van der Waals surface area contributed by atoms with E-state index >= 15 is 0 Å². The van der Waals surface area contributed by atoms with Crippen LogP contribution in [0.5, 0.6) is 0 Å². The van der Waals surface area contributed by atoms with Crippen LogP contribution in [0.1, 0.15) is 21.7 Å². The average molecular weight is 382 g/mol. The molecule has 146 valence electrons. The highest BCUT2D eigenvalue weighted by Gasteiger charge is 2.37. The molecule has 1 saturated heterocycles. The average Bonchev–Trinajstić information content (AvgIpc) is 3.04. The number of nitrogens with zero attached hydrogens (tertiary/aromatic N) is 2. The number of ether oxygens (including phenoxy) is 1. The van der Waals surface area contributed by atoms with E-state index in [1.807, 2.05) is 0 Å². The predicted molar refractivity (Wildman–Crippen MR) is 93.4 cm³/mol. The van der Waals surface area contributed by atoms with Gasteiger partial charge in [0.05, 0.1) is 13.2 Å². The maximum Gasteiger partial charge on any atom is 0.435 e. The number of morpholine rings is 1. The molecule has 2 N–H and O–H groups in total. The van der Waals surface area contributed by atoms with E-state index in [9.17, 15) is 18.0 Å². The second kappa shape index (κ2) is 8.10. The Hall–Kier alpha value is -2.39. The van der Waals surface area contributed by atoms with Gasteiger partial charge < -0.3 is 10.1 Å². The Labute approximate surface area is 154 Å². The van der Waals surface area contributed by atoms with Gasteiger partial charge in [0.2, 0.25) is 0 Å². The Bertz CT molecular complexity index is 781. The van der Waals surface area contributed by atoms with Crippen LogP contribution in [0.2, 0.25) is 0 Å². The Morgan fingerprint density at radius 1 is 1.26 bits per heavy atom. The van der Waals surface area contributed by atoms with Crippen molar-refractivity contribution in [2.24, 2.45) is 0 Å². The van der Waals surface area contributed by atoms with Crippen molar-refractivity contribution in [2.75, 3.05) is 39.4 Å². The molecule has 1 aliphatic heterocycles. The monoisotopic (exact) mass is 382 g/mol. The number of halogens is 3. The topological polar surface area (TPSA) is 70.2 Å². The van der Waals surface area contributed by atoms with Gasteiger partial charge in [0, 0.05) is 43.0 Å². The van der Waals surface area contributed by atoms with Crippen LogP contribution in [-0.2, 0) is 10.9 Å². The molecule has 1 aromatic carbocycles. The van der Waals surface area contributed by atoms with E-state index in [1.54, 1.807) is 0 Å². The number of amides is 1. The van der Waals surface area contributed by atoms with Crippen LogP contribution in [0, 0.1) is 6.92 Å². The quantitative estimate of drug-likeness (QED) is 0.834. The molecule has 2 heterocycles. The number of H-pyrrole nitrogens is 1. The molecule has 3 rings (SSSR count). The lowest BCUT2D eigenvalue weighted by atomic mass is 10.0. The molecule has 1 fully saturated rings. The maximum atomic E-state index is 13.1. The first-order chi connectivity index (χ1) is 12.9. The fourth-order valence-electron chi connectivity index (χ4n) is 3.03. The molecule has 1 aliphatic rings. The van der Waals surface area contributed by atoms with Crippen molar-refractivity contribution < 1.29 is 22.7 Å². The van der Waals surface area contributed by atoms with E-state index in [2.05, 4.69) is 20.4 Å². The number of hydrogen-bond acceptors (Lipinski definition) is 4. The van der Waals surface area contributed by atoms with Crippen molar-refractivity contribution in [2.45, 2.75) is 13.1 Å². The molecule has 0 radical (unpaired) electrons. The number of aromatic amines is 1. The summed E-state index contributed by atoms with van der Waals surface area (Å²) in [7, 11) is 0. The van der Waals surface area contributed by atoms with Crippen LogP contribution in [0.3, 0.4) is 0 Å². The minimum absolute atomic E-state index is 0.00164. The highest BCUT2D eigenvalue weighted by Crippen LogP contribution is 2.37. The van der Waals surface area contributed by atoms with Gasteiger partial charge >= 0.3 is 6.18 Å². The van der Waals surface area contributed by atoms with E-state index in [-0.39, 0.29) is 11.5 Å².